The van der Waals surface area contributed by atoms with E-state index in [1.165, 1.54) is 20.1 Å². The van der Waals surface area contributed by atoms with E-state index in [-0.39, 0.29) is 23.5 Å². The number of H-pyrrole nitrogens is 1. The molecule has 0 spiro atoms. The van der Waals surface area contributed by atoms with Crippen LogP contribution >= 0.6 is 23.2 Å². The Bertz CT molecular complexity index is 859. The van der Waals surface area contributed by atoms with Crippen molar-refractivity contribution in [1.82, 2.24) is 4.98 Å². The van der Waals surface area contributed by atoms with Gasteiger partial charge in [0.2, 0.25) is 5.91 Å². The van der Waals surface area contributed by atoms with Crippen molar-refractivity contribution in [2.75, 3.05) is 12.4 Å². The fourth-order valence-corrected chi connectivity index (χ4v) is 2.92. The van der Waals surface area contributed by atoms with Crippen LogP contribution in [0.5, 0.6) is 0 Å². The predicted molar refractivity (Wildman–Crippen MR) is 95.7 cm³/mol. The number of ether oxygens (including phenoxy) is 1. The molecule has 2 rings (SSSR count). The topological polar surface area (TPSA) is 88.3 Å². The molecule has 1 aromatic heterocycles. The molecular formula is C17H16Cl2N2O4. The van der Waals surface area contributed by atoms with Crippen molar-refractivity contribution in [3.8, 4) is 0 Å². The molecule has 0 fully saturated rings. The van der Waals surface area contributed by atoms with Gasteiger partial charge in [0, 0.05) is 17.6 Å². The number of nitrogens with one attached hydrogen (secondary N) is 2. The second-order valence-corrected chi connectivity index (χ2v) is 6.22. The molecule has 0 saturated carbocycles. The van der Waals surface area contributed by atoms with E-state index in [1.807, 2.05) is 0 Å². The highest BCUT2D eigenvalue weighted by Gasteiger charge is 2.24. The van der Waals surface area contributed by atoms with Crippen molar-refractivity contribution in [2.24, 2.45) is 0 Å². The number of methoxy groups -OCH3 is 1. The SMILES string of the molecule is COC(=O)c1c(CC(=O)Nc2ccc(Cl)cc2Cl)[nH]c(C(C)=O)c1C. The maximum atomic E-state index is 12.3. The van der Waals surface area contributed by atoms with Gasteiger partial charge in [0.15, 0.2) is 5.78 Å². The quantitative estimate of drug-likeness (QED) is 0.607. The number of aromatic amines is 1. The van der Waals surface area contributed by atoms with Crippen molar-refractivity contribution < 1.29 is 19.1 Å². The van der Waals surface area contributed by atoms with Crippen molar-refractivity contribution in [3.05, 3.63) is 50.8 Å². The lowest BCUT2D eigenvalue weighted by Crippen LogP contribution is -2.17. The second kappa shape index (κ2) is 7.72. The molecule has 6 nitrogen and oxygen atoms in total. The Morgan fingerprint density at radius 3 is 2.48 bits per heavy atom. The molecule has 25 heavy (non-hydrogen) atoms. The molecular weight excluding hydrogens is 367 g/mol. The zero-order valence-corrected chi connectivity index (χ0v) is 15.3. The summed E-state index contributed by atoms with van der Waals surface area (Å²) in [6.07, 6.45) is -0.155. The minimum Gasteiger partial charge on any atom is -0.465 e. The van der Waals surface area contributed by atoms with Gasteiger partial charge in [-0.2, -0.15) is 0 Å². The first-order valence-corrected chi connectivity index (χ1v) is 8.05. The van der Waals surface area contributed by atoms with Crippen molar-refractivity contribution in [2.45, 2.75) is 20.3 Å². The summed E-state index contributed by atoms with van der Waals surface area (Å²) >= 11 is 11.8. The van der Waals surface area contributed by atoms with Crippen LogP contribution in [0.2, 0.25) is 10.0 Å². The van der Waals surface area contributed by atoms with Crippen LogP contribution in [0.25, 0.3) is 0 Å². The Labute approximate surface area is 154 Å². The normalized spacial score (nSPS) is 10.4. The summed E-state index contributed by atoms with van der Waals surface area (Å²) in [5.74, 6) is -1.27. The number of rotatable bonds is 5. The highest BCUT2D eigenvalue weighted by atomic mass is 35.5. The molecule has 0 bridgehead atoms. The Balaban J connectivity index is 2.29. The summed E-state index contributed by atoms with van der Waals surface area (Å²) in [7, 11) is 1.24. The third-order valence-corrected chi connectivity index (χ3v) is 4.16. The number of carbonyl (C=O) groups is 3. The third-order valence-electron chi connectivity index (χ3n) is 3.61. The van der Waals surface area contributed by atoms with E-state index >= 15 is 0 Å². The summed E-state index contributed by atoms with van der Waals surface area (Å²) in [5, 5.41) is 3.38. The largest absolute Gasteiger partial charge is 0.465 e. The highest BCUT2D eigenvalue weighted by Crippen LogP contribution is 2.26. The number of hydrogen-bond acceptors (Lipinski definition) is 4. The molecule has 1 amide bonds. The first kappa shape index (κ1) is 19.0. The van der Waals surface area contributed by atoms with Crippen LogP contribution in [0.1, 0.15) is 39.0 Å². The van der Waals surface area contributed by atoms with Gasteiger partial charge in [0.05, 0.1) is 35.5 Å². The fourth-order valence-electron chi connectivity index (χ4n) is 2.47. The number of aromatic nitrogens is 1. The average molecular weight is 383 g/mol. The van der Waals surface area contributed by atoms with Gasteiger partial charge in [-0.25, -0.2) is 4.79 Å². The van der Waals surface area contributed by atoms with Crippen LogP contribution in [0.4, 0.5) is 5.69 Å². The number of Topliss-reactive ketones (excluding diaryl/α,β-unsaturated/α-hetero) is 1. The molecule has 2 aromatic rings. The standard InChI is InChI=1S/C17H16Cl2N2O4/c1-8-15(17(24)25-3)13(21-16(8)9(2)22)7-14(23)20-12-5-4-10(18)6-11(12)19/h4-6,21H,7H2,1-3H3,(H,20,23). The Morgan fingerprint density at radius 1 is 1.24 bits per heavy atom. The van der Waals surface area contributed by atoms with E-state index in [2.05, 4.69) is 10.3 Å². The zero-order valence-electron chi connectivity index (χ0n) is 13.8. The van der Waals surface area contributed by atoms with Crippen LogP contribution < -0.4 is 5.32 Å². The number of halogens is 2. The summed E-state index contributed by atoms with van der Waals surface area (Å²) in [6.45, 7) is 2.99. The van der Waals surface area contributed by atoms with Gasteiger partial charge in [0.1, 0.15) is 0 Å². The summed E-state index contributed by atoms with van der Waals surface area (Å²) in [5.41, 5.74) is 1.60. The van der Waals surface area contributed by atoms with Gasteiger partial charge in [-0.15, -0.1) is 0 Å². The maximum absolute atomic E-state index is 12.3. The molecule has 0 radical (unpaired) electrons. The smallest absolute Gasteiger partial charge is 0.339 e. The molecule has 1 aromatic carbocycles. The molecule has 0 aliphatic heterocycles. The zero-order chi connectivity index (χ0) is 18.7. The lowest BCUT2D eigenvalue weighted by Gasteiger charge is -2.08. The van der Waals surface area contributed by atoms with E-state index in [0.29, 0.717) is 27.0 Å². The van der Waals surface area contributed by atoms with E-state index in [0.717, 1.165) is 0 Å². The number of hydrogen-bond donors (Lipinski definition) is 2. The fraction of sp³-hybridized carbons (Fsp3) is 0.235. The summed E-state index contributed by atoms with van der Waals surface area (Å²) < 4.78 is 4.75. The summed E-state index contributed by atoms with van der Waals surface area (Å²) in [6, 6.07) is 4.67. The van der Waals surface area contributed by atoms with Gasteiger partial charge in [-0.05, 0) is 30.7 Å². The number of esters is 1. The van der Waals surface area contributed by atoms with Crippen LogP contribution in [0.3, 0.4) is 0 Å². The first-order valence-electron chi connectivity index (χ1n) is 7.30. The third kappa shape index (κ3) is 4.21. The van der Waals surface area contributed by atoms with Crippen LogP contribution in [-0.4, -0.2) is 29.8 Å². The van der Waals surface area contributed by atoms with Crippen molar-refractivity contribution >= 4 is 46.5 Å². The first-order chi connectivity index (χ1) is 11.7. The Kier molecular flexibility index (Phi) is 5.87. The Hall–Kier alpha value is -2.31. The van der Waals surface area contributed by atoms with Crippen LogP contribution in [0.15, 0.2) is 18.2 Å². The molecule has 8 heteroatoms. The van der Waals surface area contributed by atoms with Gasteiger partial charge < -0.3 is 15.0 Å². The number of amides is 1. The molecule has 0 atom stereocenters. The number of carbonyl (C=O) groups excluding carboxylic acids is 3. The molecule has 0 saturated heterocycles. The molecule has 1 heterocycles. The van der Waals surface area contributed by atoms with E-state index in [9.17, 15) is 14.4 Å². The minimum absolute atomic E-state index is 0.155. The molecule has 0 aliphatic rings. The lowest BCUT2D eigenvalue weighted by molar-refractivity contribution is -0.115. The van der Waals surface area contributed by atoms with Gasteiger partial charge in [-0.3, -0.25) is 9.59 Å². The monoisotopic (exact) mass is 382 g/mol. The van der Waals surface area contributed by atoms with Gasteiger partial charge in [-0.1, -0.05) is 23.2 Å². The maximum Gasteiger partial charge on any atom is 0.339 e. The number of benzene rings is 1. The molecule has 2 N–H and O–H groups in total. The van der Waals surface area contributed by atoms with E-state index < -0.39 is 11.9 Å². The van der Waals surface area contributed by atoms with Crippen LogP contribution in [0, 0.1) is 6.92 Å². The average Bonchev–Trinajstić information content (AvgIpc) is 2.86. The molecule has 0 aliphatic carbocycles. The number of ketones is 1. The Morgan fingerprint density at radius 2 is 1.92 bits per heavy atom. The minimum atomic E-state index is -0.617. The van der Waals surface area contributed by atoms with Crippen molar-refractivity contribution in [1.29, 1.82) is 0 Å². The predicted octanol–water partition coefficient (Wildman–Crippen LogP) is 3.80. The van der Waals surface area contributed by atoms with E-state index in [1.54, 1.807) is 19.1 Å². The second-order valence-electron chi connectivity index (χ2n) is 5.38. The van der Waals surface area contributed by atoms with Crippen LogP contribution in [-0.2, 0) is 16.0 Å². The lowest BCUT2D eigenvalue weighted by atomic mass is 10.1. The molecule has 132 valence electrons. The molecule has 0 unspecified atom stereocenters. The van der Waals surface area contributed by atoms with Gasteiger partial charge >= 0.3 is 5.97 Å². The number of anilines is 1. The van der Waals surface area contributed by atoms with Crippen molar-refractivity contribution in [3.63, 3.8) is 0 Å². The highest BCUT2D eigenvalue weighted by molar-refractivity contribution is 6.36. The summed E-state index contributed by atoms with van der Waals surface area (Å²) in [4.78, 5) is 38.8. The van der Waals surface area contributed by atoms with E-state index in [4.69, 9.17) is 27.9 Å². The van der Waals surface area contributed by atoms with Gasteiger partial charge in [0.25, 0.3) is 0 Å².